The van der Waals surface area contributed by atoms with Crippen LogP contribution in [0.2, 0.25) is 0 Å². The van der Waals surface area contributed by atoms with Crippen molar-refractivity contribution in [3.05, 3.63) is 47.2 Å². The second kappa shape index (κ2) is 7.40. The van der Waals surface area contributed by atoms with E-state index in [9.17, 15) is 14.4 Å². The molecule has 0 fully saturated rings. The molecule has 0 saturated heterocycles. The van der Waals surface area contributed by atoms with Crippen LogP contribution in [-0.2, 0) is 20.7 Å². The van der Waals surface area contributed by atoms with Gasteiger partial charge in [-0.25, -0.2) is 14.6 Å². The second-order valence-corrected chi connectivity index (χ2v) is 4.83. The fourth-order valence-electron chi connectivity index (χ4n) is 2.02. The molecule has 0 unspecified atom stereocenters. The Labute approximate surface area is 137 Å². The standard InChI is InChI=1S/C16H16N2O6/c1-9-13(24-8-17-9)7-14(19)18-12-6-10(15(20)22-2)4-5-11(12)16(21)23-3/h4-6,8H,7H2,1-3H3,(H,18,19). The summed E-state index contributed by atoms with van der Waals surface area (Å²) in [5.74, 6) is -1.25. The van der Waals surface area contributed by atoms with Gasteiger partial charge in [-0.15, -0.1) is 0 Å². The Morgan fingerprint density at radius 3 is 2.46 bits per heavy atom. The van der Waals surface area contributed by atoms with E-state index in [0.29, 0.717) is 11.5 Å². The number of carbonyl (C=O) groups excluding carboxylic acids is 3. The summed E-state index contributed by atoms with van der Waals surface area (Å²) in [6.07, 6.45) is 1.19. The van der Waals surface area contributed by atoms with Crippen LogP contribution < -0.4 is 5.32 Å². The van der Waals surface area contributed by atoms with E-state index in [1.54, 1.807) is 6.92 Å². The monoisotopic (exact) mass is 332 g/mol. The Morgan fingerprint density at radius 1 is 1.17 bits per heavy atom. The number of hydrogen-bond acceptors (Lipinski definition) is 7. The van der Waals surface area contributed by atoms with Crippen molar-refractivity contribution in [2.24, 2.45) is 0 Å². The van der Waals surface area contributed by atoms with E-state index in [4.69, 9.17) is 4.42 Å². The van der Waals surface area contributed by atoms with Crippen molar-refractivity contribution in [2.75, 3.05) is 19.5 Å². The van der Waals surface area contributed by atoms with E-state index in [0.717, 1.165) is 0 Å². The number of esters is 2. The maximum Gasteiger partial charge on any atom is 0.339 e. The third kappa shape index (κ3) is 3.78. The summed E-state index contributed by atoms with van der Waals surface area (Å²) >= 11 is 0. The van der Waals surface area contributed by atoms with Gasteiger partial charge in [0.15, 0.2) is 6.39 Å². The molecular weight excluding hydrogens is 316 g/mol. The quantitative estimate of drug-likeness (QED) is 0.831. The van der Waals surface area contributed by atoms with Crippen LogP contribution in [0.3, 0.4) is 0 Å². The molecule has 1 heterocycles. The second-order valence-electron chi connectivity index (χ2n) is 4.83. The predicted octanol–water partition coefficient (Wildman–Crippen LogP) is 1.74. The van der Waals surface area contributed by atoms with Crippen molar-refractivity contribution in [1.82, 2.24) is 4.98 Å². The summed E-state index contributed by atoms with van der Waals surface area (Å²) in [6, 6.07) is 4.14. The average molecular weight is 332 g/mol. The maximum absolute atomic E-state index is 12.2. The highest BCUT2D eigenvalue weighted by Gasteiger charge is 2.18. The minimum atomic E-state index is -0.641. The van der Waals surface area contributed by atoms with E-state index in [-0.39, 0.29) is 23.2 Å². The first-order chi connectivity index (χ1) is 11.5. The predicted molar refractivity (Wildman–Crippen MR) is 82.7 cm³/mol. The van der Waals surface area contributed by atoms with Gasteiger partial charge in [0.2, 0.25) is 5.91 Å². The molecule has 0 saturated carbocycles. The topological polar surface area (TPSA) is 108 Å². The van der Waals surface area contributed by atoms with Gasteiger partial charge in [0.05, 0.1) is 43.1 Å². The normalized spacial score (nSPS) is 10.1. The maximum atomic E-state index is 12.2. The minimum Gasteiger partial charge on any atom is -0.465 e. The van der Waals surface area contributed by atoms with Crippen LogP contribution in [0.5, 0.6) is 0 Å². The molecule has 8 nitrogen and oxygen atoms in total. The number of amides is 1. The molecule has 0 radical (unpaired) electrons. The fraction of sp³-hybridized carbons (Fsp3) is 0.250. The van der Waals surface area contributed by atoms with Gasteiger partial charge in [0.25, 0.3) is 0 Å². The van der Waals surface area contributed by atoms with Crippen LogP contribution in [0, 0.1) is 6.92 Å². The smallest absolute Gasteiger partial charge is 0.339 e. The highest BCUT2D eigenvalue weighted by molar-refractivity contribution is 6.03. The highest BCUT2D eigenvalue weighted by atomic mass is 16.5. The zero-order chi connectivity index (χ0) is 17.7. The molecule has 8 heteroatoms. The SMILES string of the molecule is COC(=O)c1ccc(C(=O)OC)c(NC(=O)Cc2ocnc2C)c1. The lowest BCUT2D eigenvalue weighted by atomic mass is 10.1. The third-order valence-corrected chi connectivity index (χ3v) is 3.29. The van der Waals surface area contributed by atoms with Crippen LogP contribution in [0.15, 0.2) is 29.0 Å². The Morgan fingerprint density at radius 2 is 1.88 bits per heavy atom. The molecule has 1 amide bonds. The van der Waals surface area contributed by atoms with Gasteiger partial charge in [-0.1, -0.05) is 0 Å². The molecule has 24 heavy (non-hydrogen) atoms. The van der Waals surface area contributed by atoms with Crippen LogP contribution >= 0.6 is 0 Å². The summed E-state index contributed by atoms with van der Waals surface area (Å²) in [5.41, 5.74) is 1.05. The average Bonchev–Trinajstić information content (AvgIpc) is 2.98. The van der Waals surface area contributed by atoms with Crippen molar-refractivity contribution >= 4 is 23.5 Å². The lowest BCUT2D eigenvalue weighted by Crippen LogP contribution is -2.18. The Balaban J connectivity index is 2.28. The zero-order valence-corrected chi connectivity index (χ0v) is 13.4. The molecule has 0 aliphatic heterocycles. The summed E-state index contributed by atoms with van der Waals surface area (Å²) in [6.45, 7) is 1.71. The molecule has 1 N–H and O–H groups in total. The van der Waals surface area contributed by atoms with Crippen LogP contribution in [0.1, 0.15) is 32.2 Å². The van der Waals surface area contributed by atoms with E-state index < -0.39 is 17.8 Å². The third-order valence-electron chi connectivity index (χ3n) is 3.29. The number of carbonyl (C=O) groups is 3. The van der Waals surface area contributed by atoms with Crippen molar-refractivity contribution in [3.63, 3.8) is 0 Å². The Bertz CT molecular complexity index is 781. The summed E-state index contributed by atoms with van der Waals surface area (Å²) < 4.78 is 14.4. The van der Waals surface area contributed by atoms with Gasteiger partial charge < -0.3 is 19.2 Å². The number of ether oxygens (including phenoxy) is 2. The largest absolute Gasteiger partial charge is 0.465 e. The number of aromatic nitrogens is 1. The van der Waals surface area contributed by atoms with Crippen molar-refractivity contribution in [2.45, 2.75) is 13.3 Å². The number of anilines is 1. The molecule has 0 aliphatic carbocycles. The number of methoxy groups -OCH3 is 2. The fourth-order valence-corrected chi connectivity index (χ4v) is 2.02. The Kier molecular flexibility index (Phi) is 5.31. The number of nitrogens with zero attached hydrogens (tertiary/aromatic N) is 1. The van der Waals surface area contributed by atoms with E-state index in [1.807, 2.05) is 0 Å². The summed E-state index contributed by atoms with van der Waals surface area (Å²) in [4.78, 5) is 39.5. The highest BCUT2D eigenvalue weighted by Crippen LogP contribution is 2.20. The van der Waals surface area contributed by atoms with Gasteiger partial charge in [-0.2, -0.15) is 0 Å². The molecule has 0 aliphatic rings. The first-order valence-electron chi connectivity index (χ1n) is 6.95. The van der Waals surface area contributed by atoms with Crippen LogP contribution in [0.25, 0.3) is 0 Å². The molecule has 0 spiro atoms. The lowest BCUT2D eigenvalue weighted by molar-refractivity contribution is -0.115. The van der Waals surface area contributed by atoms with Gasteiger partial charge in [0, 0.05) is 0 Å². The summed E-state index contributed by atoms with van der Waals surface area (Å²) in [7, 11) is 2.46. The molecule has 0 atom stereocenters. The van der Waals surface area contributed by atoms with Crippen LogP contribution in [0.4, 0.5) is 5.69 Å². The molecule has 1 aromatic carbocycles. The number of benzene rings is 1. The molecule has 0 bridgehead atoms. The van der Waals surface area contributed by atoms with Crippen molar-refractivity contribution in [1.29, 1.82) is 0 Å². The number of rotatable bonds is 5. The number of oxazole rings is 1. The van der Waals surface area contributed by atoms with Crippen molar-refractivity contribution in [3.8, 4) is 0 Å². The Hall–Kier alpha value is -3.16. The van der Waals surface area contributed by atoms with Gasteiger partial charge in [0.1, 0.15) is 5.76 Å². The van der Waals surface area contributed by atoms with Gasteiger partial charge in [-0.3, -0.25) is 4.79 Å². The minimum absolute atomic E-state index is 0.0606. The zero-order valence-electron chi connectivity index (χ0n) is 13.4. The summed E-state index contributed by atoms with van der Waals surface area (Å²) in [5, 5.41) is 2.58. The van der Waals surface area contributed by atoms with E-state index >= 15 is 0 Å². The molecule has 126 valence electrons. The molecule has 2 aromatic rings. The lowest BCUT2D eigenvalue weighted by Gasteiger charge is -2.11. The van der Waals surface area contributed by atoms with Crippen molar-refractivity contribution < 1.29 is 28.3 Å². The van der Waals surface area contributed by atoms with Crippen LogP contribution in [-0.4, -0.2) is 37.0 Å². The molecule has 2 rings (SSSR count). The number of aryl methyl sites for hydroxylation is 1. The van der Waals surface area contributed by atoms with E-state index in [2.05, 4.69) is 19.8 Å². The first-order valence-corrected chi connectivity index (χ1v) is 6.95. The number of hydrogen-bond donors (Lipinski definition) is 1. The molecule has 1 aromatic heterocycles. The number of nitrogens with one attached hydrogen (secondary N) is 1. The first kappa shape index (κ1) is 17.2. The van der Waals surface area contributed by atoms with E-state index in [1.165, 1.54) is 38.8 Å². The van der Waals surface area contributed by atoms with Gasteiger partial charge >= 0.3 is 11.9 Å². The van der Waals surface area contributed by atoms with Gasteiger partial charge in [-0.05, 0) is 25.1 Å². The molecular formula is C16H16N2O6.